The van der Waals surface area contributed by atoms with E-state index in [4.69, 9.17) is 5.11 Å². The Labute approximate surface area is 124 Å². The molecule has 0 heterocycles. The van der Waals surface area contributed by atoms with Crippen molar-refractivity contribution in [3.8, 4) is 0 Å². The molecule has 5 nitrogen and oxygen atoms in total. The van der Waals surface area contributed by atoms with Gasteiger partial charge in [-0.15, -0.1) is 6.58 Å². The number of carbonyl (C=O) groups excluding carboxylic acids is 1. The van der Waals surface area contributed by atoms with Gasteiger partial charge >= 0.3 is 12.0 Å². The van der Waals surface area contributed by atoms with E-state index in [-0.39, 0.29) is 12.5 Å². The predicted octanol–water partition coefficient (Wildman–Crippen LogP) is 2.17. The summed E-state index contributed by atoms with van der Waals surface area (Å²) in [5.41, 5.74) is 1.56. The summed E-state index contributed by atoms with van der Waals surface area (Å²) in [6.07, 6.45) is 3.76. The van der Waals surface area contributed by atoms with Crippen molar-refractivity contribution in [2.45, 2.75) is 31.8 Å². The van der Waals surface area contributed by atoms with Crippen molar-refractivity contribution in [1.82, 2.24) is 10.2 Å². The summed E-state index contributed by atoms with van der Waals surface area (Å²) in [5, 5.41) is 11.8. The summed E-state index contributed by atoms with van der Waals surface area (Å²) < 4.78 is 0. The topological polar surface area (TPSA) is 69.6 Å². The van der Waals surface area contributed by atoms with Crippen LogP contribution >= 0.6 is 0 Å². The van der Waals surface area contributed by atoms with E-state index in [1.54, 1.807) is 23.1 Å². The molecule has 1 aliphatic carbocycles. The van der Waals surface area contributed by atoms with Gasteiger partial charge in [0.2, 0.25) is 0 Å². The number of benzene rings is 1. The third-order valence-electron chi connectivity index (χ3n) is 3.46. The van der Waals surface area contributed by atoms with E-state index in [1.807, 2.05) is 12.1 Å². The normalized spacial score (nSPS) is 13.5. The van der Waals surface area contributed by atoms with E-state index in [2.05, 4.69) is 11.9 Å². The number of nitrogens with one attached hydrogen (secondary N) is 1. The number of carboxylic acids is 1. The van der Waals surface area contributed by atoms with Crippen LogP contribution in [0.5, 0.6) is 0 Å². The Morgan fingerprint density at radius 2 is 2.00 bits per heavy atom. The average molecular weight is 288 g/mol. The fraction of sp³-hybridized carbons (Fsp3) is 0.375. The van der Waals surface area contributed by atoms with Gasteiger partial charge < -0.3 is 15.3 Å². The van der Waals surface area contributed by atoms with Crippen LogP contribution in [0.1, 0.15) is 24.0 Å². The first-order valence-corrected chi connectivity index (χ1v) is 7.05. The number of aliphatic carboxylic acids is 1. The molecule has 2 rings (SSSR count). The van der Waals surface area contributed by atoms with Crippen molar-refractivity contribution in [2.75, 3.05) is 6.54 Å². The molecular formula is C16H20N2O3. The van der Waals surface area contributed by atoms with Crippen LogP contribution in [0, 0.1) is 0 Å². The maximum atomic E-state index is 12.2. The zero-order valence-electron chi connectivity index (χ0n) is 11.9. The number of hydrogen-bond acceptors (Lipinski definition) is 2. The lowest BCUT2D eigenvalue weighted by Crippen LogP contribution is -2.41. The summed E-state index contributed by atoms with van der Waals surface area (Å²) in [5.74, 6) is -0.875. The molecule has 0 aliphatic heterocycles. The van der Waals surface area contributed by atoms with Crippen LogP contribution in [0.25, 0.3) is 0 Å². The van der Waals surface area contributed by atoms with Crippen molar-refractivity contribution >= 4 is 12.0 Å². The first-order valence-electron chi connectivity index (χ1n) is 7.05. The Kier molecular flexibility index (Phi) is 4.98. The molecule has 112 valence electrons. The molecule has 2 N–H and O–H groups in total. The van der Waals surface area contributed by atoms with E-state index < -0.39 is 5.97 Å². The van der Waals surface area contributed by atoms with Crippen molar-refractivity contribution in [3.05, 3.63) is 48.0 Å². The van der Waals surface area contributed by atoms with Crippen LogP contribution in [0.2, 0.25) is 0 Å². The largest absolute Gasteiger partial charge is 0.481 e. The highest BCUT2D eigenvalue weighted by Gasteiger charge is 2.31. The summed E-state index contributed by atoms with van der Waals surface area (Å²) in [6.45, 7) is 4.54. The van der Waals surface area contributed by atoms with Gasteiger partial charge in [-0.3, -0.25) is 4.79 Å². The molecule has 2 amide bonds. The third-order valence-corrected chi connectivity index (χ3v) is 3.46. The number of carboxylic acid groups (broad SMARTS) is 1. The van der Waals surface area contributed by atoms with Crippen LogP contribution in [-0.4, -0.2) is 34.6 Å². The molecule has 1 aromatic carbocycles. The zero-order valence-corrected chi connectivity index (χ0v) is 11.9. The third kappa shape index (κ3) is 4.34. The van der Waals surface area contributed by atoms with Crippen LogP contribution in [0.3, 0.4) is 0 Å². The second-order valence-corrected chi connectivity index (χ2v) is 5.17. The molecule has 0 saturated heterocycles. The molecule has 0 bridgehead atoms. The summed E-state index contributed by atoms with van der Waals surface area (Å²) in [4.78, 5) is 24.8. The van der Waals surface area contributed by atoms with E-state index >= 15 is 0 Å². The molecule has 1 aromatic rings. The van der Waals surface area contributed by atoms with Gasteiger partial charge in [-0.2, -0.15) is 0 Å². The first kappa shape index (κ1) is 15.1. The summed E-state index contributed by atoms with van der Waals surface area (Å²) in [7, 11) is 0. The van der Waals surface area contributed by atoms with Crippen LogP contribution in [-0.2, 0) is 17.8 Å². The van der Waals surface area contributed by atoms with Crippen molar-refractivity contribution < 1.29 is 14.7 Å². The molecule has 5 heteroatoms. The smallest absolute Gasteiger partial charge is 0.318 e. The number of carbonyl (C=O) groups is 2. The lowest BCUT2D eigenvalue weighted by Gasteiger charge is -2.21. The molecule has 0 aromatic heterocycles. The van der Waals surface area contributed by atoms with Gasteiger partial charge in [-0.05, 0) is 24.0 Å². The summed E-state index contributed by atoms with van der Waals surface area (Å²) >= 11 is 0. The highest BCUT2D eigenvalue weighted by Crippen LogP contribution is 2.26. The van der Waals surface area contributed by atoms with Crippen LogP contribution in [0.15, 0.2) is 36.9 Å². The molecule has 1 saturated carbocycles. The first-order chi connectivity index (χ1) is 10.1. The molecule has 0 atom stereocenters. The Morgan fingerprint density at radius 3 is 2.57 bits per heavy atom. The monoisotopic (exact) mass is 288 g/mol. The van der Waals surface area contributed by atoms with Gasteiger partial charge in [0, 0.05) is 19.1 Å². The maximum Gasteiger partial charge on any atom is 0.318 e. The van der Waals surface area contributed by atoms with Crippen LogP contribution in [0.4, 0.5) is 4.79 Å². The molecule has 1 fully saturated rings. The second kappa shape index (κ2) is 6.92. The zero-order chi connectivity index (χ0) is 15.2. The van der Waals surface area contributed by atoms with E-state index in [1.165, 1.54) is 0 Å². The van der Waals surface area contributed by atoms with Gasteiger partial charge in [0.1, 0.15) is 0 Å². The van der Waals surface area contributed by atoms with E-state index in [0.717, 1.165) is 24.0 Å². The van der Waals surface area contributed by atoms with Gasteiger partial charge in [0.15, 0.2) is 0 Å². The van der Waals surface area contributed by atoms with E-state index in [9.17, 15) is 9.59 Å². The summed E-state index contributed by atoms with van der Waals surface area (Å²) in [6, 6.07) is 7.46. The number of nitrogens with zero attached hydrogens (tertiary/aromatic N) is 1. The highest BCUT2D eigenvalue weighted by molar-refractivity contribution is 5.75. The van der Waals surface area contributed by atoms with Crippen molar-refractivity contribution in [1.29, 1.82) is 0 Å². The Bertz CT molecular complexity index is 538. The van der Waals surface area contributed by atoms with Gasteiger partial charge in [-0.25, -0.2) is 4.79 Å². The standard InChI is InChI=1S/C16H20N2O3/c1-2-9-18(14-7-8-14)16(21)17-11-13-6-4-3-5-12(13)10-15(19)20/h2-6,14H,1,7-11H2,(H,17,21)(H,19,20). The molecule has 0 spiro atoms. The Balaban J connectivity index is 1.97. The fourth-order valence-electron chi connectivity index (χ4n) is 2.26. The van der Waals surface area contributed by atoms with Gasteiger partial charge in [-0.1, -0.05) is 30.3 Å². The quantitative estimate of drug-likeness (QED) is 0.755. The van der Waals surface area contributed by atoms with Crippen molar-refractivity contribution in [3.63, 3.8) is 0 Å². The van der Waals surface area contributed by atoms with Gasteiger partial charge in [0.25, 0.3) is 0 Å². The van der Waals surface area contributed by atoms with Crippen LogP contribution < -0.4 is 5.32 Å². The highest BCUT2D eigenvalue weighted by atomic mass is 16.4. The minimum Gasteiger partial charge on any atom is -0.481 e. The lowest BCUT2D eigenvalue weighted by molar-refractivity contribution is -0.136. The molecule has 1 aliphatic rings. The Morgan fingerprint density at radius 1 is 1.33 bits per heavy atom. The van der Waals surface area contributed by atoms with Crippen molar-refractivity contribution in [2.24, 2.45) is 0 Å². The SMILES string of the molecule is C=CCN(C(=O)NCc1ccccc1CC(=O)O)C1CC1. The predicted molar refractivity (Wildman–Crippen MR) is 79.9 cm³/mol. The van der Waals surface area contributed by atoms with E-state index in [0.29, 0.717) is 19.1 Å². The molecule has 0 unspecified atom stereocenters. The average Bonchev–Trinajstić information content (AvgIpc) is 3.27. The minimum atomic E-state index is -0.875. The maximum absolute atomic E-state index is 12.2. The molecular weight excluding hydrogens is 268 g/mol. The second-order valence-electron chi connectivity index (χ2n) is 5.17. The molecule has 0 radical (unpaired) electrons. The number of amides is 2. The lowest BCUT2D eigenvalue weighted by atomic mass is 10.0. The fourth-order valence-corrected chi connectivity index (χ4v) is 2.26. The minimum absolute atomic E-state index is 0.0367. The number of urea groups is 1. The Hall–Kier alpha value is -2.30. The number of rotatable bonds is 7. The number of hydrogen-bond donors (Lipinski definition) is 2. The van der Waals surface area contributed by atoms with Gasteiger partial charge in [0.05, 0.1) is 6.42 Å². The molecule has 21 heavy (non-hydrogen) atoms.